The standard InChI is InChI=1S/C11H14N2O5S2/c12-20(15,16)10-2-1-8(19-10)3-4-13-11(14)9-7-17-5-6-18-9/h1-2,7H,3-6H2,(H,13,14)(H2,12,15,16). The first-order chi connectivity index (χ1) is 9.47. The number of thiophene rings is 1. The van der Waals surface area contributed by atoms with E-state index in [-0.39, 0.29) is 15.9 Å². The summed E-state index contributed by atoms with van der Waals surface area (Å²) in [4.78, 5) is 12.5. The molecule has 0 aliphatic carbocycles. The summed E-state index contributed by atoms with van der Waals surface area (Å²) in [6, 6.07) is 3.13. The number of nitrogens with two attached hydrogens (primary N) is 1. The van der Waals surface area contributed by atoms with E-state index in [9.17, 15) is 13.2 Å². The maximum atomic E-state index is 11.7. The van der Waals surface area contributed by atoms with Crippen LogP contribution >= 0.6 is 11.3 Å². The van der Waals surface area contributed by atoms with Gasteiger partial charge in [-0.2, -0.15) is 0 Å². The van der Waals surface area contributed by atoms with Crippen LogP contribution in [0.15, 0.2) is 28.4 Å². The molecule has 20 heavy (non-hydrogen) atoms. The molecule has 1 aromatic heterocycles. The van der Waals surface area contributed by atoms with Crippen molar-refractivity contribution in [1.29, 1.82) is 0 Å². The molecule has 7 nitrogen and oxygen atoms in total. The van der Waals surface area contributed by atoms with Crippen LogP contribution in [0.4, 0.5) is 0 Å². The third-order valence-electron chi connectivity index (χ3n) is 2.45. The number of nitrogens with one attached hydrogen (secondary N) is 1. The minimum absolute atomic E-state index is 0.116. The molecule has 3 N–H and O–H groups in total. The van der Waals surface area contributed by atoms with Crippen LogP contribution in [0.3, 0.4) is 0 Å². The molecule has 0 saturated carbocycles. The molecule has 1 aliphatic heterocycles. The Hall–Kier alpha value is -1.58. The summed E-state index contributed by atoms with van der Waals surface area (Å²) >= 11 is 1.09. The van der Waals surface area contributed by atoms with Gasteiger partial charge in [-0.15, -0.1) is 11.3 Å². The van der Waals surface area contributed by atoms with Gasteiger partial charge in [0.25, 0.3) is 5.91 Å². The molecule has 0 atom stereocenters. The number of hydrogen-bond acceptors (Lipinski definition) is 6. The van der Waals surface area contributed by atoms with E-state index in [1.807, 2.05) is 0 Å². The van der Waals surface area contributed by atoms with Crippen molar-refractivity contribution in [2.75, 3.05) is 19.8 Å². The van der Waals surface area contributed by atoms with E-state index in [0.717, 1.165) is 16.2 Å². The first-order valence-electron chi connectivity index (χ1n) is 5.81. The second kappa shape index (κ2) is 6.25. The molecule has 0 fully saturated rings. The number of primary sulfonamides is 1. The second-order valence-corrected chi connectivity index (χ2v) is 6.93. The largest absolute Gasteiger partial charge is 0.494 e. The van der Waals surface area contributed by atoms with Gasteiger partial charge in [0.05, 0.1) is 0 Å². The number of amides is 1. The monoisotopic (exact) mass is 318 g/mol. The fourth-order valence-corrected chi connectivity index (χ4v) is 3.30. The summed E-state index contributed by atoms with van der Waals surface area (Å²) < 4.78 is 32.5. The molecule has 2 heterocycles. The summed E-state index contributed by atoms with van der Waals surface area (Å²) in [5, 5.41) is 7.68. The van der Waals surface area contributed by atoms with Gasteiger partial charge in [0.1, 0.15) is 23.7 Å². The normalized spacial score (nSPS) is 14.9. The molecule has 0 aromatic carbocycles. The van der Waals surface area contributed by atoms with Gasteiger partial charge >= 0.3 is 0 Å². The number of sulfonamides is 1. The van der Waals surface area contributed by atoms with Crippen LogP contribution in [0.2, 0.25) is 0 Å². The van der Waals surface area contributed by atoms with E-state index in [1.165, 1.54) is 12.3 Å². The molecule has 1 amide bonds. The van der Waals surface area contributed by atoms with Crippen molar-refractivity contribution in [2.24, 2.45) is 5.14 Å². The number of rotatable bonds is 5. The minimum atomic E-state index is -3.65. The first kappa shape index (κ1) is 14.8. The Bertz CT molecular complexity index is 621. The van der Waals surface area contributed by atoms with Crippen molar-refractivity contribution >= 4 is 27.3 Å². The van der Waals surface area contributed by atoms with Crippen molar-refractivity contribution in [1.82, 2.24) is 5.32 Å². The number of hydrogen-bond donors (Lipinski definition) is 2. The van der Waals surface area contributed by atoms with E-state index in [0.29, 0.717) is 26.2 Å². The Kier molecular flexibility index (Phi) is 4.63. The Morgan fingerprint density at radius 2 is 2.20 bits per heavy atom. The zero-order chi connectivity index (χ0) is 14.6. The summed E-state index contributed by atoms with van der Waals surface area (Å²) in [6.45, 7) is 1.15. The van der Waals surface area contributed by atoms with Gasteiger partial charge in [-0.1, -0.05) is 0 Å². The topological polar surface area (TPSA) is 108 Å². The van der Waals surface area contributed by atoms with Gasteiger partial charge < -0.3 is 14.8 Å². The molecular weight excluding hydrogens is 304 g/mol. The fourth-order valence-electron chi connectivity index (χ4n) is 1.52. The second-order valence-electron chi connectivity index (χ2n) is 3.97. The molecule has 1 aliphatic rings. The quantitative estimate of drug-likeness (QED) is 0.791. The molecule has 2 rings (SSSR count). The third-order valence-corrected chi connectivity index (χ3v) is 5.03. The van der Waals surface area contributed by atoms with Crippen LogP contribution in [0.1, 0.15) is 4.88 Å². The van der Waals surface area contributed by atoms with Crippen LogP contribution in [0.25, 0.3) is 0 Å². The predicted molar refractivity (Wildman–Crippen MR) is 72.4 cm³/mol. The Labute approximate surface area is 120 Å². The fraction of sp³-hybridized carbons (Fsp3) is 0.364. The molecule has 0 spiro atoms. The lowest BCUT2D eigenvalue weighted by atomic mass is 10.3. The summed E-state index contributed by atoms with van der Waals surface area (Å²) in [5.74, 6) is -0.208. The summed E-state index contributed by atoms with van der Waals surface area (Å²) in [7, 11) is -3.65. The lowest BCUT2D eigenvalue weighted by Gasteiger charge is -2.14. The lowest BCUT2D eigenvalue weighted by Crippen LogP contribution is -2.29. The van der Waals surface area contributed by atoms with E-state index in [1.54, 1.807) is 6.07 Å². The third kappa shape index (κ3) is 3.95. The zero-order valence-corrected chi connectivity index (χ0v) is 12.1. The molecular formula is C11H14N2O5S2. The van der Waals surface area contributed by atoms with Crippen molar-refractivity contribution in [3.8, 4) is 0 Å². The van der Waals surface area contributed by atoms with Crippen LogP contribution in [0, 0.1) is 0 Å². The summed E-state index contributed by atoms with van der Waals surface area (Å²) in [5.41, 5.74) is 0. The Morgan fingerprint density at radius 3 is 2.80 bits per heavy atom. The Balaban J connectivity index is 1.82. The highest BCUT2D eigenvalue weighted by Crippen LogP contribution is 2.20. The van der Waals surface area contributed by atoms with Crippen LogP contribution < -0.4 is 10.5 Å². The maximum absolute atomic E-state index is 11.7. The zero-order valence-electron chi connectivity index (χ0n) is 10.5. The van der Waals surface area contributed by atoms with Crippen LogP contribution in [-0.4, -0.2) is 34.1 Å². The molecule has 0 saturated heterocycles. The van der Waals surface area contributed by atoms with Crippen molar-refractivity contribution in [2.45, 2.75) is 10.6 Å². The molecule has 0 radical (unpaired) electrons. The van der Waals surface area contributed by atoms with Crippen LogP contribution in [-0.2, 0) is 30.7 Å². The van der Waals surface area contributed by atoms with E-state index < -0.39 is 10.0 Å². The van der Waals surface area contributed by atoms with E-state index in [4.69, 9.17) is 14.6 Å². The van der Waals surface area contributed by atoms with E-state index in [2.05, 4.69) is 5.32 Å². The SMILES string of the molecule is NS(=O)(=O)c1ccc(CCNC(=O)C2=COCCO2)s1. The molecule has 0 unspecified atom stereocenters. The minimum Gasteiger partial charge on any atom is -0.494 e. The average molecular weight is 318 g/mol. The molecule has 0 bridgehead atoms. The number of carbonyl (C=O) groups is 1. The van der Waals surface area contributed by atoms with Crippen molar-refractivity contribution in [3.63, 3.8) is 0 Å². The highest BCUT2D eigenvalue weighted by atomic mass is 32.2. The average Bonchev–Trinajstić information content (AvgIpc) is 2.88. The highest BCUT2D eigenvalue weighted by Gasteiger charge is 2.15. The van der Waals surface area contributed by atoms with Crippen molar-refractivity contribution in [3.05, 3.63) is 29.0 Å². The van der Waals surface area contributed by atoms with Gasteiger partial charge in [0.2, 0.25) is 15.8 Å². The van der Waals surface area contributed by atoms with E-state index >= 15 is 0 Å². The molecule has 9 heteroatoms. The maximum Gasteiger partial charge on any atom is 0.289 e. The summed E-state index contributed by atoms with van der Waals surface area (Å²) in [6.07, 6.45) is 1.79. The van der Waals surface area contributed by atoms with Gasteiger partial charge in [-0.25, -0.2) is 13.6 Å². The van der Waals surface area contributed by atoms with Gasteiger partial charge in [-0.05, 0) is 18.6 Å². The molecule has 1 aromatic rings. The predicted octanol–water partition coefficient (Wildman–Crippen LogP) is -0.0576. The number of ether oxygens (including phenoxy) is 2. The van der Waals surface area contributed by atoms with Gasteiger partial charge in [0.15, 0.2) is 0 Å². The van der Waals surface area contributed by atoms with Crippen molar-refractivity contribution < 1.29 is 22.7 Å². The highest BCUT2D eigenvalue weighted by molar-refractivity contribution is 7.91. The first-order valence-corrected chi connectivity index (χ1v) is 8.17. The number of carbonyl (C=O) groups excluding carboxylic acids is 1. The smallest absolute Gasteiger partial charge is 0.289 e. The van der Waals surface area contributed by atoms with Crippen LogP contribution in [0.5, 0.6) is 0 Å². The molecule has 110 valence electrons. The van der Waals surface area contributed by atoms with Gasteiger partial charge in [-0.3, -0.25) is 4.79 Å². The lowest BCUT2D eigenvalue weighted by molar-refractivity contribution is -0.122. The van der Waals surface area contributed by atoms with Gasteiger partial charge in [0, 0.05) is 11.4 Å². The Morgan fingerprint density at radius 1 is 1.40 bits per heavy atom.